The minimum absolute atomic E-state index is 0.0429. The number of anilines is 3. The zero-order valence-electron chi connectivity index (χ0n) is 16.3. The van der Waals surface area contributed by atoms with Crippen molar-refractivity contribution in [2.75, 3.05) is 23.3 Å². The summed E-state index contributed by atoms with van der Waals surface area (Å²) < 4.78 is 23.2. The Balaban J connectivity index is 1.45. The van der Waals surface area contributed by atoms with Gasteiger partial charge in [0, 0.05) is 25.0 Å². The van der Waals surface area contributed by atoms with Crippen molar-refractivity contribution in [2.45, 2.75) is 37.0 Å². The molecule has 0 unspecified atom stereocenters. The lowest BCUT2D eigenvalue weighted by Crippen LogP contribution is -2.29. The number of primary sulfonamides is 1. The van der Waals surface area contributed by atoms with Crippen LogP contribution in [0.4, 0.5) is 16.8 Å². The molecule has 1 saturated heterocycles. The molecule has 0 saturated carbocycles. The van der Waals surface area contributed by atoms with Crippen LogP contribution >= 0.6 is 11.3 Å². The lowest BCUT2D eigenvalue weighted by atomic mass is 10.00. The number of nitrogens with one attached hydrogen (secondary N) is 1. The van der Waals surface area contributed by atoms with Crippen molar-refractivity contribution in [1.29, 1.82) is 0 Å². The molecule has 5 rings (SSSR count). The van der Waals surface area contributed by atoms with Crippen LogP contribution in [0.1, 0.15) is 30.5 Å². The highest BCUT2D eigenvalue weighted by Gasteiger charge is 2.25. The summed E-state index contributed by atoms with van der Waals surface area (Å²) in [6.07, 6.45) is 7.34. The average molecular weight is 443 g/mol. The fourth-order valence-electron chi connectivity index (χ4n) is 3.89. The standard InChI is InChI=1S/C20H22N6O2S2/c21-30(27,28)15-6-4-5-14(11-15)23-19-22-12-13-7-8-16-18(17(13)25-19)29-20(24-16)26-9-2-1-3-10-26/h4-6,11-12H,1-3,7-10H2,(H2,21,27,28)(H,22,23,25). The fourth-order valence-corrected chi connectivity index (χ4v) is 5.64. The molecule has 156 valence electrons. The number of thiazole rings is 1. The molecule has 0 radical (unpaired) electrons. The molecule has 0 spiro atoms. The van der Waals surface area contributed by atoms with E-state index in [9.17, 15) is 8.42 Å². The van der Waals surface area contributed by atoms with Crippen LogP contribution in [0.25, 0.3) is 10.6 Å². The van der Waals surface area contributed by atoms with Crippen LogP contribution in [-0.2, 0) is 22.9 Å². The van der Waals surface area contributed by atoms with Crippen LogP contribution in [0, 0.1) is 0 Å². The summed E-state index contributed by atoms with van der Waals surface area (Å²) in [6, 6.07) is 6.32. The first-order chi connectivity index (χ1) is 14.5. The van der Waals surface area contributed by atoms with Crippen molar-refractivity contribution < 1.29 is 8.42 Å². The second kappa shape index (κ2) is 7.60. The summed E-state index contributed by atoms with van der Waals surface area (Å²) in [7, 11) is -3.77. The maximum atomic E-state index is 11.6. The van der Waals surface area contributed by atoms with Gasteiger partial charge in [-0.2, -0.15) is 0 Å². The highest BCUT2D eigenvalue weighted by molar-refractivity contribution is 7.89. The smallest absolute Gasteiger partial charge is 0.238 e. The predicted molar refractivity (Wildman–Crippen MR) is 118 cm³/mol. The first kappa shape index (κ1) is 19.4. The molecular formula is C20H22N6O2S2. The first-order valence-electron chi connectivity index (χ1n) is 9.98. The molecule has 0 bridgehead atoms. The molecule has 0 amide bonds. The molecule has 30 heavy (non-hydrogen) atoms. The number of piperidine rings is 1. The largest absolute Gasteiger partial charge is 0.348 e. The highest BCUT2D eigenvalue weighted by Crippen LogP contribution is 2.40. The fraction of sp³-hybridized carbons (Fsp3) is 0.350. The Kier molecular flexibility index (Phi) is 4.92. The Morgan fingerprint density at radius 3 is 2.73 bits per heavy atom. The van der Waals surface area contributed by atoms with Gasteiger partial charge >= 0.3 is 0 Å². The summed E-state index contributed by atoms with van der Waals surface area (Å²) in [5.74, 6) is 0.418. The number of hydrogen-bond donors (Lipinski definition) is 2. The molecule has 1 fully saturated rings. The predicted octanol–water partition coefficient (Wildman–Crippen LogP) is 3.08. The van der Waals surface area contributed by atoms with Crippen LogP contribution in [0.15, 0.2) is 35.4 Å². The second-order valence-electron chi connectivity index (χ2n) is 7.59. The molecule has 3 N–H and O–H groups in total. The topological polar surface area (TPSA) is 114 Å². The zero-order valence-corrected chi connectivity index (χ0v) is 18.0. The molecule has 3 aromatic rings. The van der Waals surface area contributed by atoms with Gasteiger partial charge in [-0.1, -0.05) is 17.4 Å². The van der Waals surface area contributed by atoms with Gasteiger partial charge in [0.25, 0.3) is 0 Å². The van der Waals surface area contributed by atoms with E-state index in [2.05, 4.69) is 15.2 Å². The van der Waals surface area contributed by atoms with Crippen molar-refractivity contribution in [3.05, 3.63) is 41.7 Å². The van der Waals surface area contributed by atoms with Crippen molar-refractivity contribution >= 4 is 38.1 Å². The Morgan fingerprint density at radius 1 is 1.10 bits per heavy atom. The summed E-state index contributed by atoms with van der Waals surface area (Å²) in [4.78, 5) is 17.6. The maximum absolute atomic E-state index is 11.6. The van der Waals surface area contributed by atoms with Gasteiger partial charge in [-0.25, -0.2) is 28.5 Å². The SMILES string of the molecule is NS(=O)(=O)c1cccc(Nc2ncc3c(n2)-c2sc(N4CCCCC4)nc2CC3)c1. The highest BCUT2D eigenvalue weighted by atomic mass is 32.2. The van der Waals surface area contributed by atoms with E-state index in [4.69, 9.17) is 15.1 Å². The maximum Gasteiger partial charge on any atom is 0.238 e. The third-order valence-electron chi connectivity index (χ3n) is 5.44. The minimum atomic E-state index is -3.77. The average Bonchev–Trinajstić information content (AvgIpc) is 3.19. The van der Waals surface area contributed by atoms with E-state index in [0.29, 0.717) is 11.6 Å². The quantitative estimate of drug-likeness (QED) is 0.638. The van der Waals surface area contributed by atoms with Gasteiger partial charge in [-0.05, 0) is 55.9 Å². The van der Waals surface area contributed by atoms with Crippen LogP contribution in [0.2, 0.25) is 0 Å². The van der Waals surface area contributed by atoms with Gasteiger partial charge in [0.2, 0.25) is 16.0 Å². The van der Waals surface area contributed by atoms with Gasteiger partial charge in [0.15, 0.2) is 5.13 Å². The van der Waals surface area contributed by atoms with Gasteiger partial charge < -0.3 is 10.2 Å². The lowest BCUT2D eigenvalue weighted by molar-refractivity contribution is 0.576. The zero-order chi connectivity index (χ0) is 20.7. The third kappa shape index (κ3) is 3.78. The van der Waals surface area contributed by atoms with Gasteiger partial charge in [-0.3, -0.25) is 0 Å². The number of fused-ring (bicyclic) bond motifs is 3. The molecule has 1 aliphatic carbocycles. The van der Waals surface area contributed by atoms with Crippen molar-refractivity contribution in [3.8, 4) is 10.6 Å². The summed E-state index contributed by atoms with van der Waals surface area (Å²) >= 11 is 1.71. The Morgan fingerprint density at radius 2 is 1.93 bits per heavy atom. The van der Waals surface area contributed by atoms with E-state index >= 15 is 0 Å². The number of nitrogens with two attached hydrogens (primary N) is 1. The number of aryl methyl sites for hydroxylation is 2. The van der Waals surface area contributed by atoms with E-state index < -0.39 is 10.0 Å². The van der Waals surface area contributed by atoms with E-state index in [1.54, 1.807) is 23.5 Å². The van der Waals surface area contributed by atoms with Crippen molar-refractivity contribution in [2.24, 2.45) is 5.14 Å². The summed E-state index contributed by atoms with van der Waals surface area (Å²) in [6.45, 7) is 2.13. The number of rotatable bonds is 4. The molecule has 0 atom stereocenters. The minimum Gasteiger partial charge on any atom is -0.348 e. The lowest BCUT2D eigenvalue weighted by Gasteiger charge is -2.25. The molecule has 1 aromatic carbocycles. The molecule has 2 aromatic heterocycles. The number of nitrogens with zero attached hydrogens (tertiary/aromatic N) is 4. The van der Waals surface area contributed by atoms with Gasteiger partial charge in [0.05, 0.1) is 21.2 Å². The van der Waals surface area contributed by atoms with E-state index in [-0.39, 0.29) is 4.90 Å². The summed E-state index contributed by atoms with van der Waals surface area (Å²) in [5, 5.41) is 9.41. The first-order valence-corrected chi connectivity index (χ1v) is 12.3. The van der Waals surface area contributed by atoms with Crippen LogP contribution in [0.3, 0.4) is 0 Å². The Labute approximate surface area is 179 Å². The molecule has 1 aliphatic heterocycles. The van der Waals surface area contributed by atoms with Gasteiger partial charge in [0.1, 0.15) is 0 Å². The molecular weight excluding hydrogens is 420 g/mol. The Hall–Kier alpha value is -2.56. The molecule has 10 heteroatoms. The molecule has 2 aliphatic rings. The van der Waals surface area contributed by atoms with Crippen molar-refractivity contribution in [3.63, 3.8) is 0 Å². The summed E-state index contributed by atoms with van der Waals surface area (Å²) in [5.41, 5.74) is 3.70. The second-order valence-corrected chi connectivity index (χ2v) is 10.1. The number of aromatic nitrogens is 3. The number of benzene rings is 1. The monoisotopic (exact) mass is 442 g/mol. The van der Waals surface area contributed by atoms with E-state index in [1.807, 2.05) is 6.20 Å². The van der Waals surface area contributed by atoms with Crippen LogP contribution < -0.4 is 15.4 Å². The molecule has 8 nitrogen and oxygen atoms in total. The van der Waals surface area contributed by atoms with Crippen LogP contribution in [0.5, 0.6) is 0 Å². The van der Waals surface area contributed by atoms with Gasteiger partial charge in [-0.15, -0.1) is 0 Å². The third-order valence-corrected chi connectivity index (χ3v) is 7.52. The van der Waals surface area contributed by atoms with E-state index in [0.717, 1.165) is 52.9 Å². The Bertz CT molecular complexity index is 1200. The normalized spacial score (nSPS) is 16.1. The molecule has 3 heterocycles. The van der Waals surface area contributed by atoms with Crippen molar-refractivity contribution in [1.82, 2.24) is 15.0 Å². The van der Waals surface area contributed by atoms with Crippen LogP contribution in [-0.4, -0.2) is 36.5 Å². The number of sulfonamides is 1. The van der Waals surface area contributed by atoms with E-state index in [1.165, 1.54) is 31.4 Å². The number of hydrogen-bond acceptors (Lipinski definition) is 8.